The number of hydrogen-bond donors (Lipinski definition) is 2. The Kier molecular flexibility index (Phi) is 16.1. The quantitative estimate of drug-likeness (QED) is 0.105. The molecule has 0 aromatic carbocycles. The first-order valence-electron chi connectivity index (χ1n) is 23.8. The van der Waals surface area contributed by atoms with Crippen molar-refractivity contribution < 1.29 is 19.2 Å². The molecule has 3 saturated carbocycles. The Bertz CT molecular complexity index is 1970. The van der Waals surface area contributed by atoms with E-state index < -0.39 is 16.2 Å². The zero-order chi connectivity index (χ0) is 45.2. The van der Waals surface area contributed by atoms with Gasteiger partial charge in [0.25, 0.3) is 0 Å². The SMILES string of the molecule is CC/C=C\C/C=C\C/C=C\C/C=C\C/C=C\C/C=C\CCC(=O)NCCNC(=O)[C@]12CCC(C)(C)CC1[C@H]1C(=O)C=C3[C@@]4(C)C=C(C#N)C(=O)C(C)(C)[C@@H]4CC[C@@]3(C)[C@]1(C)CC2. The van der Waals surface area contributed by atoms with Gasteiger partial charge in [0.15, 0.2) is 11.6 Å². The van der Waals surface area contributed by atoms with E-state index in [1.807, 2.05) is 26.0 Å². The van der Waals surface area contributed by atoms with Gasteiger partial charge in [-0.05, 0) is 124 Å². The third-order valence-corrected chi connectivity index (χ3v) is 16.2. The lowest BCUT2D eigenvalue weighted by Gasteiger charge is -2.69. The summed E-state index contributed by atoms with van der Waals surface area (Å²) in [6, 6.07) is 2.20. The van der Waals surface area contributed by atoms with E-state index >= 15 is 0 Å². The third kappa shape index (κ3) is 10.1. The number of hydrogen-bond acceptors (Lipinski definition) is 5. The molecular weight excluding hydrogens is 767 g/mol. The molecule has 7 heteroatoms. The Hall–Kier alpha value is -4.31. The van der Waals surface area contributed by atoms with Crippen molar-refractivity contribution in [1.29, 1.82) is 5.26 Å². The number of nitriles is 1. The molecule has 5 aliphatic rings. The van der Waals surface area contributed by atoms with E-state index in [1.54, 1.807) is 0 Å². The van der Waals surface area contributed by atoms with Crippen LogP contribution in [0.3, 0.4) is 0 Å². The second-order valence-electron chi connectivity index (χ2n) is 21.0. The molecule has 7 nitrogen and oxygen atoms in total. The minimum atomic E-state index is -0.709. The smallest absolute Gasteiger partial charge is 0.226 e. The number of amides is 2. The number of Topliss-reactive ketones (excluding diaryl/α,β-unsaturated/α-hetero) is 1. The molecule has 0 heterocycles. The highest BCUT2D eigenvalue weighted by molar-refractivity contribution is 6.04. The van der Waals surface area contributed by atoms with Crippen molar-refractivity contribution in [2.45, 2.75) is 152 Å². The second-order valence-corrected chi connectivity index (χ2v) is 21.0. The van der Waals surface area contributed by atoms with Gasteiger partial charge >= 0.3 is 0 Å². The van der Waals surface area contributed by atoms with Crippen molar-refractivity contribution in [2.24, 2.45) is 50.2 Å². The van der Waals surface area contributed by atoms with Gasteiger partial charge in [-0.3, -0.25) is 19.2 Å². The Morgan fingerprint density at radius 3 is 1.87 bits per heavy atom. The summed E-state index contributed by atoms with van der Waals surface area (Å²) in [7, 11) is 0. The molecule has 0 aliphatic heterocycles. The third-order valence-electron chi connectivity index (χ3n) is 16.2. The average molecular weight is 844 g/mol. The fourth-order valence-electron chi connectivity index (χ4n) is 12.5. The van der Waals surface area contributed by atoms with E-state index in [-0.39, 0.29) is 63.0 Å². The number of allylic oxidation sites excluding steroid dienone is 16. The van der Waals surface area contributed by atoms with Crippen molar-refractivity contribution in [3.63, 3.8) is 0 Å². The van der Waals surface area contributed by atoms with Crippen molar-refractivity contribution >= 4 is 23.4 Å². The van der Waals surface area contributed by atoms with Crippen LogP contribution < -0.4 is 10.6 Å². The fourth-order valence-corrected chi connectivity index (χ4v) is 12.5. The highest BCUT2D eigenvalue weighted by Crippen LogP contribution is 2.74. The normalized spacial score (nSPS) is 32.7. The summed E-state index contributed by atoms with van der Waals surface area (Å²) >= 11 is 0. The lowest BCUT2D eigenvalue weighted by molar-refractivity contribution is -0.178. The van der Waals surface area contributed by atoms with Gasteiger partial charge in [-0.15, -0.1) is 0 Å². The summed E-state index contributed by atoms with van der Waals surface area (Å²) in [4.78, 5) is 55.4. The van der Waals surface area contributed by atoms with Crippen molar-refractivity contribution in [3.8, 4) is 6.07 Å². The van der Waals surface area contributed by atoms with E-state index in [2.05, 4.69) is 131 Å². The first kappa shape index (κ1) is 48.7. The zero-order valence-corrected chi connectivity index (χ0v) is 39.4. The number of carbonyl (C=O) groups is 4. The molecule has 0 radical (unpaired) electrons. The van der Waals surface area contributed by atoms with Crippen LogP contribution in [0, 0.1) is 61.6 Å². The van der Waals surface area contributed by atoms with Crippen LogP contribution in [-0.4, -0.2) is 36.5 Å². The van der Waals surface area contributed by atoms with Crippen LogP contribution in [0.15, 0.2) is 96.2 Å². The van der Waals surface area contributed by atoms with Gasteiger partial charge in [-0.25, -0.2) is 0 Å². The molecule has 2 amide bonds. The van der Waals surface area contributed by atoms with Gasteiger partial charge in [0.2, 0.25) is 11.8 Å². The summed E-state index contributed by atoms with van der Waals surface area (Å²) in [6.07, 6.45) is 42.3. The topological polar surface area (TPSA) is 116 Å². The lowest BCUT2D eigenvalue weighted by Crippen LogP contribution is -2.66. The highest BCUT2D eigenvalue weighted by Gasteiger charge is 2.70. The van der Waals surface area contributed by atoms with Crippen LogP contribution in [0.5, 0.6) is 0 Å². The molecule has 1 unspecified atom stereocenters. The van der Waals surface area contributed by atoms with Gasteiger partial charge in [0, 0.05) is 36.3 Å². The maximum atomic E-state index is 14.8. The van der Waals surface area contributed by atoms with Gasteiger partial charge in [0.1, 0.15) is 6.07 Å². The standard InChI is InChI=1S/C55H77N3O4/c1-9-10-11-12-13-14-15-16-17-18-19-20-21-22-23-24-25-26-27-28-46(60)57-35-36-58-49(62)55-33-31-50(2,3)39-42(55)47-43(59)37-45-52(6)38-41(40-56)48(61)51(4,5)44(52)29-30-53(45,7)54(47,8)32-34-55/h10-11,13-14,16-17,19-20,22-23,25-26,37-38,42,44,47H,9,12,15,18,21,24,27-36,39H2,1-8H3,(H,57,60)(H,58,62)/b11-10-,14-13-,17-16-,20-19-,23-22-,26-25-/t42?,44-,47-,52-,53+,54+,55-/m0/s1. The lowest BCUT2D eigenvalue weighted by atomic mass is 9.34. The van der Waals surface area contributed by atoms with E-state index in [1.165, 1.54) is 0 Å². The number of ketones is 2. The molecule has 0 saturated heterocycles. The van der Waals surface area contributed by atoms with Crippen LogP contribution in [-0.2, 0) is 19.2 Å². The molecule has 2 N–H and O–H groups in total. The van der Waals surface area contributed by atoms with E-state index in [0.717, 1.165) is 82.6 Å². The summed E-state index contributed by atoms with van der Waals surface area (Å²) in [5.41, 5.74) is -1.39. The van der Waals surface area contributed by atoms with Gasteiger partial charge < -0.3 is 10.6 Å². The van der Waals surface area contributed by atoms with Crippen molar-refractivity contribution in [1.82, 2.24) is 10.6 Å². The summed E-state index contributed by atoms with van der Waals surface area (Å²) in [5, 5.41) is 16.3. The van der Waals surface area contributed by atoms with Crippen LogP contribution in [0.1, 0.15) is 152 Å². The highest BCUT2D eigenvalue weighted by atomic mass is 16.2. The van der Waals surface area contributed by atoms with Gasteiger partial charge in [-0.1, -0.05) is 140 Å². The van der Waals surface area contributed by atoms with Crippen molar-refractivity contribution in [3.05, 3.63) is 96.2 Å². The van der Waals surface area contributed by atoms with E-state index in [9.17, 15) is 24.4 Å². The molecule has 5 aliphatic carbocycles. The Balaban J connectivity index is 1.11. The van der Waals surface area contributed by atoms with Crippen LogP contribution in [0.2, 0.25) is 0 Å². The monoisotopic (exact) mass is 844 g/mol. The largest absolute Gasteiger partial charge is 0.354 e. The van der Waals surface area contributed by atoms with E-state index in [4.69, 9.17) is 0 Å². The Morgan fingerprint density at radius 1 is 0.742 bits per heavy atom. The predicted molar refractivity (Wildman–Crippen MR) is 252 cm³/mol. The maximum Gasteiger partial charge on any atom is 0.226 e. The average Bonchev–Trinajstić information content (AvgIpc) is 3.22. The molecule has 5 rings (SSSR count). The molecule has 62 heavy (non-hydrogen) atoms. The molecule has 0 aromatic rings. The molecular formula is C55H77N3O4. The second kappa shape index (κ2) is 20.5. The molecule has 336 valence electrons. The first-order chi connectivity index (χ1) is 29.4. The van der Waals surface area contributed by atoms with E-state index in [0.29, 0.717) is 32.4 Å². The summed E-state index contributed by atoms with van der Waals surface area (Å²) < 4.78 is 0. The predicted octanol–water partition coefficient (Wildman–Crippen LogP) is 11.9. The molecule has 0 spiro atoms. The van der Waals surface area contributed by atoms with Crippen LogP contribution >= 0.6 is 0 Å². The number of nitrogens with zero attached hydrogens (tertiary/aromatic N) is 1. The number of fused-ring (bicyclic) bond motifs is 7. The number of nitrogens with one attached hydrogen (secondary N) is 2. The minimum absolute atomic E-state index is 0.00306. The molecule has 0 aromatic heterocycles. The van der Waals surface area contributed by atoms with Gasteiger partial charge in [0.05, 0.1) is 11.0 Å². The molecule has 3 fully saturated rings. The summed E-state index contributed by atoms with van der Waals surface area (Å²) in [5.74, 6) is -0.434. The molecule has 0 bridgehead atoms. The number of carbonyl (C=O) groups excluding carboxylic acids is 4. The zero-order valence-electron chi connectivity index (χ0n) is 39.4. The van der Waals surface area contributed by atoms with Crippen LogP contribution in [0.25, 0.3) is 0 Å². The maximum absolute atomic E-state index is 14.8. The minimum Gasteiger partial charge on any atom is -0.354 e. The Morgan fingerprint density at radius 2 is 1.29 bits per heavy atom. The number of rotatable bonds is 18. The van der Waals surface area contributed by atoms with Crippen molar-refractivity contribution in [2.75, 3.05) is 13.1 Å². The fraction of sp³-hybridized carbons (Fsp3) is 0.618. The van der Waals surface area contributed by atoms with Gasteiger partial charge in [-0.2, -0.15) is 5.26 Å². The molecule has 7 atom stereocenters. The summed E-state index contributed by atoms with van der Waals surface area (Å²) in [6.45, 7) is 18.1. The first-order valence-corrected chi connectivity index (χ1v) is 23.8. The van der Waals surface area contributed by atoms with Crippen LogP contribution in [0.4, 0.5) is 0 Å². The Labute approximate surface area is 374 Å².